The highest BCUT2D eigenvalue weighted by molar-refractivity contribution is 6.04. The number of aromatic nitrogens is 1. The molecule has 4 aliphatic rings. The van der Waals surface area contributed by atoms with Gasteiger partial charge in [0.25, 0.3) is 5.91 Å². The second kappa shape index (κ2) is 11.9. The molecular weight excluding hydrogens is 554 g/mol. The third kappa shape index (κ3) is 5.67. The molecule has 0 bridgehead atoms. The number of nitrogens with one attached hydrogen (secondary N) is 2. The minimum absolute atomic E-state index is 0.0457. The lowest BCUT2D eigenvalue weighted by Gasteiger charge is -2.37. The summed E-state index contributed by atoms with van der Waals surface area (Å²) < 4.78 is 5.64. The number of fused-ring (bicyclic) bond motifs is 1. The maximum absolute atomic E-state index is 13.1. The van der Waals surface area contributed by atoms with Crippen molar-refractivity contribution in [3.63, 3.8) is 0 Å². The second-order valence-electron chi connectivity index (χ2n) is 11.6. The van der Waals surface area contributed by atoms with Gasteiger partial charge in [0, 0.05) is 50.2 Å². The molecule has 3 aliphatic heterocycles. The lowest BCUT2D eigenvalue weighted by Crippen LogP contribution is -2.51. The first-order valence-electron chi connectivity index (χ1n) is 15.2. The first kappa shape index (κ1) is 27.8. The number of hydrogen-bond donors (Lipinski definition) is 2. The molecule has 44 heavy (non-hydrogen) atoms. The third-order valence-electron chi connectivity index (χ3n) is 8.70. The molecule has 3 atom stereocenters. The van der Waals surface area contributed by atoms with Crippen molar-refractivity contribution in [3.8, 4) is 5.75 Å². The van der Waals surface area contributed by atoms with Gasteiger partial charge < -0.3 is 25.2 Å². The average molecular weight is 590 g/mol. The van der Waals surface area contributed by atoms with E-state index in [-0.39, 0.29) is 30.0 Å². The topological polar surface area (TPSA) is 112 Å². The van der Waals surface area contributed by atoms with Gasteiger partial charge >= 0.3 is 6.09 Å². The summed E-state index contributed by atoms with van der Waals surface area (Å²) in [6.45, 7) is 1.17. The summed E-state index contributed by atoms with van der Waals surface area (Å²) in [4.78, 5) is 44.2. The molecule has 3 unspecified atom stereocenters. The monoisotopic (exact) mass is 589 g/mol. The van der Waals surface area contributed by atoms with Crippen LogP contribution in [0.1, 0.15) is 59.1 Å². The van der Waals surface area contributed by atoms with Crippen molar-refractivity contribution in [3.05, 3.63) is 102 Å². The van der Waals surface area contributed by atoms with Gasteiger partial charge in [0.2, 0.25) is 0 Å². The summed E-state index contributed by atoms with van der Waals surface area (Å²) in [6, 6.07) is 20.4. The average Bonchev–Trinajstić information content (AvgIpc) is 3.85. The number of pyridine rings is 1. The highest BCUT2D eigenvalue weighted by atomic mass is 16.6. The van der Waals surface area contributed by atoms with E-state index in [0.29, 0.717) is 36.1 Å². The molecule has 224 valence electrons. The molecule has 2 fully saturated rings. The van der Waals surface area contributed by atoms with E-state index >= 15 is 0 Å². The van der Waals surface area contributed by atoms with Crippen LogP contribution in [0.2, 0.25) is 0 Å². The second-order valence-corrected chi connectivity index (χ2v) is 11.6. The number of nitrogens with zero attached hydrogens (tertiary/aromatic N) is 5. The predicted octanol–water partition coefficient (Wildman–Crippen LogP) is 5.35. The first-order valence-corrected chi connectivity index (χ1v) is 15.2. The summed E-state index contributed by atoms with van der Waals surface area (Å²) in [5, 5.41) is 6.23. The number of carbonyl (C=O) groups excluding carboxylic acids is 2. The Morgan fingerprint density at radius 3 is 2.59 bits per heavy atom. The Labute approximate surface area is 256 Å². The van der Waals surface area contributed by atoms with Gasteiger partial charge in [0.05, 0.1) is 0 Å². The Balaban J connectivity index is 1.09. The molecule has 1 saturated heterocycles. The fraction of sp³-hybridized carbons (Fsp3) is 0.324. The maximum atomic E-state index is 13.1. The smallest absolute Gasteiger partial charge is 0.410 e. The van der Waals surface area contributed by atoms with E-state index in [4.69, 9.17) is 9.73 Å². The van der Waals surface area contributed by atoms with Crippen molar-refractivity contribution in [1.82, 2.24) is 20.1 Å². The van der Waals surface area contributed by atoms with Crippen LogP contribution in [0.4, 0.5) is 10.6 Å². The van der Waals surface area contributed by atoms with Crippen LogP contribution >= 0.6 is 0 Å². The zero-order valence-corrected chi connectivity index (χ0v) is 24.6. The number of piperidine rings is 1. The summed E-state index contributed by atoms with van der Waals surface area (Å²) in [5.74, 6) is 3.29. The Hall–Kier alpha value is -4.99. The number of hydrogen-bond acceptors (Lipinski definition) is 7. The van der Waals surface area contributed by atoms with Gasteiger partial charge in [0.15, 0.2) is 0 Å². The van der Waals surface area contributed by atoms with Crippen LogP contribution in [-0.4, -0.2) is 64.6 Å². The normalized spacial score (nSPS) is 23.5. The number of rotatable bonds is 6. The molecule has 2 N–H and O–H groups in total. The molecule has 2 aromatic carbocycles. The van der Waals surface area contributed by atoms with Crippen LogP contribution < -0.4 is 15.4 Å². The van der Waals surface area contributed by atoms with E-state index in [1.807, 2.05) is 67.0 Å². The molecule has 1 aliphatic carbocycles. The highest BCUT2D eigenvalue weighted by Gasteiger charge is 2.44. The van der Waals surface area contributed by atoms with Crippen LogP contribution in [0.3, 0.4) is 0 Å². The molecule has 7 rings (SSSR count). The van der Waals surface area contributed by atoms with Gasteiger partial charge in [-0.15, -0.1) is 0 Å². The van der Waals surface area contributed by atoms with Crippen LogP contribution in [0.25, 0.3) is 0 Å². The largest absolute Gasteiger partial charge is 0.415 e. The van der Waals surface area contributed by atoms with E-state index in [0.717, 1.165) is 30.1 Å². The molecule has 10 nitrogen and oxygen atoms in total. The van der Waals surface area contributed by atoms with E-state index < -0.39 is 0 Å². The van der Waals surface area contributed by atoms with Crippen LogP contribution in [0, 0.1) is 5.92 Å². The molecule has 3 aromatic rings. The number of amides is 2. The summed E-state index contributed by atoms with van der Waals surface area (Å²) >= 11 is 0. The lowest BCUT2D eigenvalue weighted by molar-refractivity contribution is 0.102. The van der Waals surface area contributed by atoms with Crippen LogP contribution in [0.15, 0.2) is 95.3 Å². The number of likely N-dealkylation sites (tertiary alicyclic amines) is 1. The van der Waals surface area contributed by atoms with Crippen LogP contribution in [-0.2, 0) is 0 Å². The van der Waals surface area contributed by atoms with Gasteiger partial charge in [-0.25, -0.2) is 9.78 Å². The molecule has 10 heteroatoms. The lowest BCUT2D eigenvalue weighted by atomic mass is 9.95. The Bertz CT molecular complexity index is 1630. The number of carbonyl (C=O) groups is 2. The number of anilines is 1. The van der Waals surface area contributed by atoms with Gasteiger partial charge in [-0.2, -0.15) is 0 Å². The number of aliphatic imine (C=N–C) groups is 2. The van der Waals surface area contributed by atoms with Crippen molar-refractivity contribution in [1.29, 1.82) is 0 Å². The SMILES string of the molecule is CN=C1NC=CN2C(C3CCCN(C(=O)Oc4ccccc4)C3)=NC(c3ccc(C(=O)Nc4cc(C5CC5)ccn4)cc3)C12. The zero-order valence-electron chi connectivity index (χ0n) is 24.6. The van der Waals surface area contributed by atoms with Gasteiger partial charge in [-0.05, 0) is 79.1 Å². The van der Waals surface area contributed by atoms with Gasteiger partial charge in [-0.3, -0.25) is 14.8 Å². The Morgan fingerprint density at radius 1 is 1.00 bits per heavy atom. The zero-order chi connectivity index (χ0) is 30.0. The molecule has 2 amide bonds. The number of para-hydroxylation sites is 1. The quantitative estimate of drug-likeness (QED) is 0.401. The van der Waals surface area contributed by atoms with E-state index in [2.05, 4.69) is 25.5 Å². The molecular formula is C34H35N7O3. The number of benzene rings is 2. The molecule has 0 radical (unpaired) electrons. The van der Waals surface area contributed by atoms with E-state index in [1.54, 1.807) is 30.3 Å². The maximum Gasteiger partial charge on any atom is 0.415 e. The van der Waals surface area contributed by atoms with Gasteiger partial charge in [0.1, 0.15) is 35.3 Å². The third-order valence-corrected chi connectivity index (χ3v) is 8.70. The number of amidine groups is 2. The van der Waals surface area contributed by atoms with Crippen molar-refractivity contribution < 1.29 is 14.3 Å². The number of ether oxygens (including phenoxy) is 1. The van der Waals surface area contributed by atoms with Crippen LogP contribution in [0.5, 0.6) is 5.75 Å². The van der Waals surface area contributed by atoms with Crippen molar-refractivity contribution in [2.75, 3.05) is 25.5 Å². The predicted molar refractivity (Wildman–Crippen MR) is 169 cm³/mol. The van der Waals surface area contributed by atoms with Crippen molar-refractivity contribution in [2.45, 2.75) is 43.7 Å². The molecule has 1 saturated carbocycles. The van der Waals surface area contributed by atoms with Crippen molar-refractivity contribution >= 4 is 29.5 Å². The minimum Gasteiger partial charge on any atom is -0.410 e. The standard InChI is InChI=1S/C34H35N7O3/c1-35-31-30-29(23-11-13-24(14-12-23)33(42)38-28-20-25(15-16-36-28)22-9-10-22)39-32(41(30)19-17-37-31)26-6-5-18-40(21-26)34(43)44-27-7-3-2-4-8-27/h2-4,7-8,11-17,19-20,22,26,29-30H,5-6,9-10,18,21H2,1H3,(H,35,37)(H,36,38,42). The highest BCUT2D eigenvalue weighted by Crippen LogP contribution is 2.40. The molecule has 1 aromatic heterocycles. The Morgan fingerprint density at radius 2 is 1.82 bits per heavy atom. The fourth-order valence-corrected chi connectivity index (χ4v) is 6.30. The summed E-state index contributed by atoms with van der Waals surface area (Å²) in [5.41, 5.74) is 2.76. The molecule has 0 spiro atoms. The van der Waals surface area contributed by atoms with Gasteiger partial charge in [-0.1, -0.05) is 30.3 Å². The van der Waals surface area contributed by atoms with E-state index in [9.17, 15) is 9.59 Å². The first-order chi connectivity index (χ1) is 21.6. The molecule has 4 heterocycles. The Kier molecular flexibility index (Phi) is 7.55. The van der Waals surface area contributed by atoms with Crippen molar-refractivity contribution in [2.24, 2.45) is 15.9 Å². The minimum atomic E-state index is -0.345. The summed E-state index contributed by atoms with van der Waals surface area (Å²) in [7, 11) is 1.77. The fourth-order valence-electron chi connectivity index (χ4n) is 6.30. The van der Waals surface area contributed by atoms with E-state index in [1.165, 1.54) is 18.4 Å². The summed E-state index contributed by atoms with van der Waals surface area (Å²) in [6.07, 6.45) is 9.45.